The standard InChI is InChI=1S/C16H15NO4S/c1-17-15(18)10-11-6-2-4-8-13(11)22(21)14-9-5-3-7-12(14)16(19)20/h2-9H,10H2,1H3,(H,17,18)(H,19,20)/t22-/m0/s1. The first-order valence-corrected chi connectivity index (χ1v) is 7.72. The van der Waals surface area contributed by atoms with Gasteiger partial charge < -0.3 is 10.4 Å². The fourth-order valence-corrected chi connectivity index (χ4v) is 3.39. The van der Waals surface area contributed by atoms with E-state index in [1.165, 1.54) is 19.2 Å². The zero-order valence-electron chi connectivity index (χ0n) is 11.9. The Morgan fingerprint density at radius 2 is 1.64 bits per heavy atom. The van der Waals surface area contributed by atoms with Crippen LogP contribution in [0.1, 0.15) is 15.9 Å². The van der Waals surface area contributed by atoms with Crippen molar-refractivity contribution in [3.63, 3.8) is 0 Å². The van der Waals surface area contributed by atoms with E-state index in [0.29, 0.717) is 10.5 Å². The van der Waals surface area contributed by atoms with Crippen molar-refractivity contribution in [1.29, 1.82) is 0 Å². The third-order valence-electron chi connectivity index (χ3n) is 3.12. The number of carbonyl (C=O) groups is 2. The Morgan fingerprint density at radius 3 is 2.27 bits per heavy atom. The van der Waals surface area contributed by atoms with Crippen molar-refractivity contribution in [3.05, 3.63) is 59.7 Å². The molecule has 0 heterocycles. The number of carboxylic acids is 1. The predicted molar refractivity (Wildman–Crippen MR) is 82.3 cm³/mol. The molecule has 1 atom stereocenters. The minimum atomic E-state index is -1.67. The third kappa shape index (κ3) is 3.40. The molecule has 0 saturated carbocycles. The Hall–Kier alpha value is -2.47. The van der Waals surface area contributed by atoms with Gasteiger partial charge in [0.25, 0.3) is 0 Å². The van der Waals surface area contributed by atoms with Gasteiger partial charge >= 0.3 is 5.97 Å². The average molecular weight is 317 g/mol. The smallest absolute Gasteiger partial charge is 0.336 e. The van der Waals surface area contributed by atoms with Crippen LogP contribution in [0.15, 0.2) is 58.3 Å². The van der Waals surface area contributed by atoms with Crippen molar-refractivity contribution in [2.75, 3.05) is 7.05 Å². The average Bonchev–Trinajstić information content (AvgIpc) is 2.54. The number of carbonyl (C=O) groups excluding carboxylic acids is 1. The van der Waals surface area contributed by atoms with Crippen LogP contribution in [-0.4, -0.2) is 28.2 Å². The minimum absolute atomic E-state index is 0.00409. The molecule has 1 amide bonds. The molecule has 0 bridgehead atoms. The number of likely N-dealkylation sites (N-methyl/N-ethyl adjacent to an activating group) is 1. The fourth-order valence-electron chi connectivity index (χ4n) is 2.02. The third-order valence-corrected chi connectivity index (χ3v) is 4.67. The molecule has 2 aromatic rings. The summed E-state index contributed by atoms with van der Waals surface area (Å²) in [4.78, 5) is 23.5. The van der Waals surface area contributed by atoms with Gasteiger partial charge in [0.15, 0.2) is 0 Å². The van der Waals surface area contributed by atoms with Crippen molar-refractivity contribution in [2.45, 2.75) is 16.2 Å². The highest BCUT2D eigenvalue weighted by molar-refractivity contribution is 7.85. The van der Waals surface area contributed by atoms with Gasteiger partial charge in [0.2, 0.25) is 5.91 Å². The van der Waals surface area contributed by atoms with Crippen LogP contribution in [-0.2, 0) is 22.0 Å². The maximum atomic E-state index is 12.8. The van der Waals surface area contributed by atoms with Crippen molar-refractivity contribution >= 4 is 22.7 Å². The molecule has 5 nitrogen and oxygen atoms in total. The molecule has 114 valence electrons. The molecular formula is C16H15NO4S. The second-order valence-electron chi connectivity index (χ2n) is 4.53. The summed E-state index contributed by atoms with van der Waals surface area (Å²) in [6, 6.07) is 13.0. The quantitative estimate of drug-likeness (QED) is 0.881. The van der Waals surface area contributed by atoms with E-state index < -0.39 is 16.8 Å². The zero-order valence-corrected chi connectivity index (χ0v) is 12.7. The molecule has 0 aliphatic heterocycles. The fraction of sp³-hybridized carbons (Fsp3) is 0.125. The number of nitrogens with one attached hydrogen (secondary N) is 1. The molecule has 0 spiro atoms. The van der Waals surface area contributed by atoms with E-state index in [0.717, 1.165) is 0 Å². The van der Waals surface area contributed by atoms with Gasteiger partial charge in [0, 0.05) is 11.9 Å². The summed E-state index contributed by atoms with van der Waals surface area (Å²) in [7, 11) is -0.140. The van der Waals surface area contributed by atoms with Crippen molar-refractivity contribution < 1.29 is 18.9 Å². The lowest BCUT2D eigenvalue weighted by molar-refractivity contribution is -0.119. The molecule has 6 heteroatoms. The van der Waals surface area contributed by atoms with E-state index in [1.54, 1.807) is 36.4 Å². The highest BCUT2D eigenvalue weighted by Gasteiger charge is 2.19. The molecule has 0 aromatic heterocycles. The normalized spacial score (nSPS) is 11.7. The minimum Gasteiger partial charge on any atom is -0.478 e. The van der Waals surface area contributed by atoms with Crippen molar-refractivity contribution in [3.8, 4) is 0 Å². The second-order valence-corrected chi connectivity index (χ2v) is 5.94. The van der Waals surface area contributed by atoms with Gasteiger partial charge in [-0.05, 0) is 23.8 Å². The summed E-state index contributed by atoms with van der Waals surface area (Å²) < 4.78 is 12.8. The first kappa shape index (κ1) is 15.9. The molecule has 2 rings (SSSR count). The van der Waals surface area contributed by atoms with Gasteiger partial charge in [0.05, 0.1) is 27.7 Å². The lowest BCUT2D eigenvalue weighted by Crippen LogP contribution is -2.20. The lowest BCUT2D eigenvalue weighted by Gasteiger charge is -2.10. The van der Waals surface area contributed by atoms with Crippen LogP contribution in [0.25, 0.3) is 0 Å². The summed E-state index contributed by atoms with van der Waals surface area (Å²) in [5.74, 6) is -1.33. The lowest BCUT2D eigenvalue weighted by atomic mass is 10.1. The number of amides is 1. The number of benzene rings is 2. The van der Waals surface area contributed by atoms with E-state index in [2.05, 4.69) is 5.32 Å². The summed E-state index contributed by atoms with van der Waals surface area (Å²) in [5, 5.41) is 11.7. The van der Waals surface area contributed by atoms with E-state index in [1.807, 2.05) is 0 Å². The molecule has 0 fully saturated rings. The van der Waals surface area contributed by atoms with Gasteiger partial charge in [-0.2, -0.15) is 0 Å². The highest BCUT2D eigenvalue weighted by atomic mass is 32.2. The molecule has 2 aromatic carbocycles. The van der Waals surface area contributed by atoms with Crippen LogP contribution in [0.5, 0.6) is 0 Å². The van der Waals surface area contributed by atoms with E-state index in [-0.39, 0.29) is 22.8 Å². The monoisotopic (exact) mass is 317 g/mol. The Bertz CT molecular complexity index is 742. The topological polar surface area (TPSA) is 83.5 Å². The zero-order chi connectivity index (χ0) is 16.1. The molecule has 0 unspecified atom stereocenters. The van der Waals surface area contributed by atoms with E-state index >= 15 is 0 Å². The Kier molecular flexibility index (Phi) is 5.06. The molecule has 2 N–H and O–H groups in total. The maximum absolute atomic E-state index is 12.8. The van der Waals surface area contributed by atoms with Crippen molar-refractivity contribution in [1.82, 2.24) is 5.32 Å². The van der Waals surface area contributed by atoms with Crippen LogP contribution < -0.4 is 5.32 Å². The molecule has 0 aliphatic carbocycles. The highest BCUT2D eigenvalue weighted by Crippen LogP contribution is 2.23. The molecule has 22 heavy (non-hydrogen) atoms. The largest absolute Gasteiger partial charge is 0.478 e. The van der Waals surface area contributed by atoms with Crippen LogP contribution >= 0.6 is 0 Å². The Morgan fingerprint density at radius 1 is 1.05 bits per heavy atom. The Balaban J connectivity index is 2.47. The van der Waals surface area contributed by atoms with Gasteiger partial charge in [-0.25, -0.2) is 9.00 Å². The first-order valence-electron chi connectivity index (χ1n) is 6.57. The van der Waals surface area contributed by atoms with Crippen LogP contribution in [0, 0.1) is 0 Å². The molecular weight excluding hydrogens is 302 g/mol. The van der Waals surface area contributed by atoms with Gasteiger partial charge in [0.1, 0.15) is 0 Å². The SMILES string of the molecule is CNC(=O)Cc1ccccc1[S@](=O)c1ccccc1C(=O)O. The summed E-state index contributed by atoms with van der Waals surface area (Å²) in [5.41, 5.74) is 0.607. The predicted octanol–water partition coefficient (Wildman–Crippen LogP) is 1.84. The first-order chi connectivity index (χ1) is 10.5. The van der Waals surface area contributed by atoms with Crippen LogP contribution in [0.3, 0.4) is 0 Å². The summed E-state index contributed by atoms with van der Waals surface area (Å²) >= 11 is 0. The Labute approximate surface area is 130 Å². The van der Waals surface area contributed by atoms with E-state index in [9.17, 15) is 18.9 Å². The van der Waals surface area contributed by atoms with Crippen LogP contribution in [0.4, 0.5) is 0 Å². The molecule has 0 saturated heterocycles. The molecule has 0 radical (unpaired) electrons. The van der Waals surface area contributed by atoms with Gasteiger partial charge in [-0.3, -0.25) is 4.79 Å². The van der Waals surface area contributed by atoms with Crippen LogP contribution in [0.2, 0.25) is 0 Å². The number of carboxylic acid groups (broad SMARTS) is 1. The summed E-state index contributed by atoms with van der Waals surface area (Å²) in [6.45, 7) is 0. The van der Waals surface area contributed by atoms with Gasteiger partial charge in [-0.15, -0.1) is 0 Å². The maximum Gasteiger partial charge on any atom is 0.336 e. The second kappa shape index (κ2) is 7.00. The summed E-state index contributed by atoms with van der Waals surface area (Å²) in [6.07, 6.45) is 0.0909. The van der Waals surface area contributed by atoms with Gasteiger partial charge in [-0.1, -0.05) is 30.3 Å². The number of rotatable bonds is 5. The molecule has 0 aliphatic rings. The number of hydrogen-bond donors (Lipinski definition) is 2. The van der Waals surface area contributed by atoms with Crippen molar-refractivity contribution in [2.24, 2.45) is 0 Å². The van der Waals surface area contributed by atoms with E-state index in [4.69, 9.17) is 0 Å². The number of aromatic carboxylic acids is 1. The number of hydrogen-bond acceptors (Lipinski definition) is 3.